The van der Waals surface area contributed by atoms with E-state index in [0.29, 0.717) is 31.9 Å². The number of benzene rings is 1. The van der Waals surface area contributed by atoms with Crippen LogP contribution in [0.15, 0.2) is 36.7 Å². The van der Waals surface area contributed by atoms with Gasteiger partial charge in [0.1, 0.15) is 0 Å². The molecule has 29 heavy (non-hydrogen) atoms. The third-order valence-corrected chi connectivity index (χ3v) is 4.42. The summed E-state index contributed by atoms with van der Waals surface area (Å²) in [5.74, 6) is -1.37. The Labute approximate surface area is 164 Å². The van der Waals surface area contributed by atoms with Gasteiger partial charge in [0.2, 0.25) is 0 Å². The summed E-state index contributed by atoms with van der Waals surface area (Å²) in [4.78, 5) is 34.9. The van der Waals surface area contributed by atoms with Gasteiger partial charge in [-0.05, 0) is 18.2 Å². The molecule has 0 radical (unpaired) electrons. The largest absolute Gasteiger partial charge is 0.451 e. The highest BCUT2D eigenvalue weighted by atomic mass is 19.4. The van der Waals surface area contributed by atoms with Crippen molar-refractivity contribution in [2.24, 2.45) is 0 Å². The first-order valence-corrected chi connectivity index (χ1v) is 8.69. The number of carbonyl (C=O) groups excluding carboxylic acids is 2. The Morgan fingerprint density at radius 2 is 1.79 bits per heavy atom. The monoisotopic (exact) mass is 409 g/mol. The van der Waals surface area contributed by atoms with Crippen molar-refractivity contribution in [1.82, 2.24) is 14.9 Å². The van der Waals surface area contributed by atoms with E-state index in [1.807, 2.05) is 0 Å². The lowest BCUT2D eigenvalue weighted by Gasteiger charge is -2.36. The highest BCUT2D eigenvalue weighted by Gasteiger charge is 2.31. The summed E-state index contributed by atoms with van der Waals surface area (Å²) in [6.45, 7) is 0.814. The fraction of sp³-hybridized carbons (Fsp3) is 0.333. The Morgan fingerprint density at radius 1 is 1.10 bits per heavy atom. The number of amides is 1. The zero-order valence-electron chi connectivity index (χ0n) is 15.2. The van der Waals surface area contributed by atoms with Crippen molar-refractivity contribution in [3.63, 3.8) is 0 Å². The van der Waals surface area contributed by atoms with E-state index in [1.54, 1.807) is 11.0 Å². The van der Waals surface area contributed by atoms with Crippen molar-refractivity contribution < 1.29 is 27.5 Å². The maximum atomic E-state index is 12.9. The molecule has 1 aliphatic rings. The van der Waals surface area contributed by atoms with Gasteiger partial charge in [-0.25, -0.2) is 14.8 Å². The maximum absolute atomic E-state index is 12.9. The van der Waals surface area contributed by atoms with Crippen LogP contribution in [-0.2, 0) is 15.7 Å². The number of nitrogens with two attached hydrogens (primary N) is 1. The summed E-state index contributed by atoms with van der Waals surface area (Å²) in [6, 6.07) is 5.05. The molecular weight excluding hydrogens is 391 g/mol. The van der Waals surface area contributed by atoms with E-state index in [0.717, 1.165) is 12.1 Å². The topological polar surface area (TPSA) is 102 Å². The number of nitrogens with zero attached hydrogens (tertiary/aromatic N) is 4. The number of alkyl halides is 3. The highest BCUT2D eigenvalue weighted by molar-refractivity contribution is 5.93. The van der Waals surface area contributed by atoms with Crippen LogP contribution in [0.25, 0.3) is 0 Å². The summed E-state index contributed by atoms with van der Waals surface area (Å²) in [5, 5.41) is 0. The number of hydrogen-bond donors (Lipinski definition) is 1. The predicted octanol–water partition coefficient (Wildman–Crippen LogP) is 1.58. The smallest absolute Gasteiger partial charge is 0.416 e. The molecule has 11 heteroatoms. The minimum absolute atomic E-state index is 0.0975. The molecule has 3 rings (SSSR count). The lowest BCUT2D eigenvalue weighted by atomic mass is 10.1. The fourth-order valence-electron chi connectivity index (χ4n) is 2.89. The zero-order chi connectivity index (χ0) is 21.0. The van der Waals surface area contributed by atoms with Crippen LogP contribution in [0.2, 0.25) is 0 Å². The summed E-state index contributed by atoms with van der Waals surface area (Å²) in [5.41, 5.74) is 5.08. The van der Waals surface area contributed by atoms with Gasteiger partial charge < -0.3 is 20.3 Å². The highest BCUT2D eigenvalue weighted by Crippen LogP contribution is 2.31. The molecule has 1 fully saturated rings. The SMILES string of the molecule is Nc1nccnc1C(=O)OCC(=O)N1CCN(c2cccc(C(F)(F)F)c2)CC1. The molecule has 0 spiro atoms. The van der Waals surface area contributed by atoms with Crippen LogP contribution in [0.3, 0.4) is 0 Å². The number of aromatic nitrogens is 2. The van der Waals surface area contributed by atoms with Crippen LogP contribution in [0, 0.1) is 0 Å². The normalized spacial score (nSPS) is 14.6. The quantitative estimate of drug-likeness (QED) is 0.765. The van der Waals surface area contributed by atoms with Gasteiger partial charge >= 0.3 is 12.1 Å². The molecule has 0 saturated carbocycles. The van der Waals surface area contributed by atoms with Gasteiger partial charge in [0.15, 0.2) is 18.1 Å². The van der Waals surface area contributed by atoms with E-state index in [4.69, 9.17) is 10.5 Å². The van der Waals surface area contributed by atoms with Crippen molar-refractivity contribution >= 4 is 23.4 Å². The van der Waals surface area contributed by atoms with Gasteiger partial charge in [-0.2, -0.15) is 13.2 Å². The second kappa shape index (κ2) is 8.33. The molecule has 1 aromatic carbocycles. The lowest BCUT2D eigenvalue weighted by Crippen LogP contribution is -2.50. The number of anilines is 2. The molecule has 2 heterocycles. The number of esters is 1. The molecule has 1 saturated heterocycles. The molecule has 2 N–H and O–H groups in total. The van der Waals surface area contributed by atoms with Crippen LogP contribution in [0.1, 0.15) is 16.1 Å². The first-order valence-electron chi connectivity index (χ1n) is 8.69. The number of nitrogen functional groups attached to an aromatic ring is 1. The van der Waals surface area contributed by atoms with Gasteiger partial charge in [-0.1, -0.05) is 6.07 Å². The van der Waals surface area contributed by atoms with E-state index in [-0.39, 0.29) is 11.5 Å². The van der Waals surface area contributed by atoms with E-state index in [2.05, 4.69) is 9.97 Å². The number of halogens is 3. The standard InChI is InChI=1S/C18H18F3N5O3/c19-18(20,21)12-2-1-3-13(10-12)25-6-8-26(9-7-25)14(27)11-29-17(28)15-16(22)24-5-4-23-15/h1-5,10H,6-9,11H2,(H2,22,24). The van der Waals surface area contributed by atoms with E-state index in [1.165, 1.54) is 23.4 Å². The molecule has 8 nitrogen and oxygen atoms in total. The Bertz CT molecular complexity index is 898. The van der Waals surface area contributed by atoms with E-state index < -0.39 is 30.2 Å². The van der Waals surface area contributed by atoms with Gasteiger partial charge in [-0.3, -0.25) is 4.79 Å². The van der Waals surface area contributed by atoms with E-state index in [9.17, 15) is 22.8 Å². The fourth-order valence-corrected chi connectivity index (χ4v) is 2.89. The molecule has 0 aliphatic carbocycles. The number of ether oxygens (including phenoxy) is 1. The van der Waals surface area contributed by atoms with Crippen molar-refractivity contribution in [2.75, 3.05) is 43.4 Å². The third-order valence-electron chi connectivity index (χ3n) is 4.42. The van der Waals surface area contributed by atoms with Crippen molar-refractivity contribution in [2.45, 2.75) is 6.18 Å². The number of hydrogen-bond acceptors (Lipinski definition) is 7. The summed E-state index contributed by atoms with van der Waals surface area (Å²) in [6.07, 6.45) is -1.81. The molecule has 1 aliphatic heterocycles. The summed E-state index contributed by atoms with van der Waals surface area (Å²) < 4.78 is 43.6. The van der Waals surface area contributed by atoms with Gasteiger partial charge in [-0.15, -0.1) is 0 Å². The molecule has 0 unspecified atom stereocenters. The molecular formula is C18H18F3N5O3. The number of piperazine rings is 1. The maximum Gasteiger partial charge on any atom is 0.416 e. The van der Waals surface area contributed by atoms with Gasteiger partial charge in [0.05, 0.1) is 5.56 Å². The van der Waals surface area contributed by atoms with Crippen LogP contribution in [0.4, 0.5) is 24.7 Å². The van der Waals surface area contributed by atoms with E-state index >= 15 is 0 Å². The lowest BCUT2D eigenvalue weighted by molar-refractivity contribution is -0.137. The second-order valence-electron chi connectivity index (χ2n) is 6.28. The Balaban J connectivity index is 1.52. The Hall–Kier alpha value is -3.37. The molecule has 0 bridgehead atoms. The number of rotatable bonds is 4. The van der Waals surface area contributed by atoms with Crippen molar-refractivity contribution in [3.8, 4) is 0 Å². The molecule has 2 aromatic rings. The first-order chi connectivity index (χ1) is 13.8. The summed E-state index contributed by atoms with van der Waals surface area (Å²) >= 11 is 0. The first kappa shape index (κ1) is 20.4. The number of carbonyl (C=O) groups is 2. The van der Waals surface area contributed by atoms with Crippen molar-refractivity contribution in [1.29, 1.82) is 0 Å². The Kier molecular flexibility index (Phi) is 5.85. The minimum atomic E-state index is -4.41. The summed E-state index contributed by atoms with van der Waals surface area (Å²) in [7, 11) is 0. The molecule has 0 atom stereocenters. The van der Waals surface area contributed by atoms with Crippen LogP contribution >= 0.6 is 0 Å². The molecule has 1 amide bonds. The average molecular weight is 409 g/mol. The third kappa shape index (κ3) is 4.92. The van der Waals surface area contributed by atoms with Crippen molar-refractivity contribution in [3.05, 3.63) is 47.9 Å². The molecule has 1 aromatic heterocycles. The van der Waals surface area contributed by atoms with Crippen LogP contribution < -0.4 is 10.6 Å². The minimum Gasteiger partial charge on any atom is -0.451 e. The van der Waals surface area contributed by atoms with Crippen LogP contribution in [0.5, 0.6) is 0 Å². The second-order valence-corrected chi connectivity index (χ2v) is 6.28. The Morgan fingerprint density at radius 3 is 2.45 bits per heavy atom. The zero-order valence-corrected chi connectivity index (χ0v) is 15.2. The predicted molar refractivity (Wildman–Crippen MR) is 97.0 cm³/mol. The van der Waals surface area contributed by atoms with Gasteiger partial charge in [0.25, 0.3) is 5.91 Å². The average Bonchev–Trinajstić information content (AvgIpc) is 2.71. The molecule has 154 valence electrons. The van der Waals surface area contributed by atoms with Crippen LogP contribution in [-0.4, -0.2) is 59.5 Å². The van der Waals surface area contributed by atoms with Gasteiger partial charge in [0, 0.05) is 44.3 Å².